The monoisotopic (exact) mass is 1040 g/mol. The first-order chi connectivity index (χ1) is 36.5. The quantitative estimate of drug-likeness (QED) is 0.0320. The van der Waals surface area contributed by atoms with Crippen LogP contribution in [0.2, 0.25) is 0 Å². The van der Waals surface area contributed by atoms with Gasteiger partial charge in [0, 0.05) is 12.8 Å². The fourth-order valence-electron chi connectivity index (χ4n) is 10.6. The Hall–Kier alpha value is -1.66. The van der Waals surface area contributed by atoms with Gasteiger partial charge in [-0.2, -0.15) is 0 Å². The number of rotatable bonds is 63. The van der Waals surface area contributed by atoms with Gasteiger partial charge >= 0.3 is 5.97 Å². The predicted molar refractivity (Wildman–Crippen MR) is 324 cm³/mol. The van der Waals surface area contributed by atoms with E-state index in [0.29, 0.717) is 19.4 Å². The second-order valence-corrected chi connectivity index (χ2v) is 23.2. The van der Waals surface area contributed by atoms with E-state index in [0.717, 1.165) is 38.5 Å². The number of hydrogen-bond donors (Lipinski definition) is 3. The van der Waals surface area contributed by atoms with E-state index in [1.807, 2.05) is 6.08 Å². The fraction of sp³-hybridized carbons (Fsp3) is 0.912. The van der Waals surface area contributed by atoms with E-state index >= 15 is 0 Å². The SMILES string of the molecule is CCCCCCCCCCCCCCCCC/C=C/C(O)C(CO)NC(=O)CCCCCCCCCCC/C=C\CCCCCCCCCCCCCCOC(=O)CCCCCCCCCCCCCCCCC. The lowest BCUT2D eigenvalue weighted by Gasteiger charge is -2.20. The zero-order valence-corrected chi connectivity index (χ0v) is 50.1. The second kappa shape index (κ2) is 63.9. The first kappa shape index (κ1) is 72.3. The van der Waals surface area contributed by atoms with Gasteiger partial charge in [0.05, 0.1) is 25.4 Å². The molecule has 0 spiro atoms. The lowest BCUT2D eigenvalue weighted by molar-refractivity contribution is -0.143. The van der Waals surface area contributed by atoms with Crippen molar-refractivity contribution in [3.8, 4) is 0 Å². The summed E-state index contributed by atoms with van der Waals surface area (Å²) in [7, 11) is 0. The van der Waals surface area contributed by atoms with E-state index in [1.165, 1.54) is 308 Å². The van der Waals surface area contributed by atoms with Crippen LogP contribution in [0.5, 0.6) is 0 Å². The summed E-state index contributed by atoms with van der Waals surface area (Å²) in [6.07, 6.45) is 79.5. The van der Waals surface area contributed by atoms with E-state index in [4.69, 9.17) is 4.74 Å². The second-order valence-electron chi connectivity index (χ2n) is 23.2. The summed E-state index contributed by atoms with van der Waals surface area (Å²) in [5.74, 6) is -0.0518. The topological polar surface area (TPSA) is 95.9 Å². The molecule has 0 aliphatic heterocycles. The van der Waals surface area contributed by atoms with Gasteiger partial charge in [-0.3, -0.25) is 9.59 Å². The lowest BCUT2D eigenvalue weighted by Crippen LogP contribution is -2.45. The van der Waals surface area contributed by atoms with Crippen LogP contribution in [-0.4, -0.2) is 47.4 Å². The molecule has 0 aliphatic rings. The minimum absolute atomic E-state index is 0.0165. The van der Waals surface area contributed by atoms with Crippen molar-refractivity contribution in [1.82, 2.24) is 5.32 Å². The number of carbonyl (C=O) groups excluding carboxylic acids is 2. The maximum atomic E-state index is 12.5. The Kier molecular flexibility index (Phi) is 62.4. The number of aliphatic hydroxyl groups excluding tert-OH is 2. The first-order valence-corrected chi connectivity index (χ1v) is 33.6. The Labute approximate surface area is 462 Å². The zero-order valence-electron chi connectivity index (χ0n) is 50.1. The van der Waals surface area contributed by atoms with Crippen molar-refractivity contribution in [2.45, 2.75) is 386 Å². The molecule has 0 aromatic rings. The lowest BCUT2D eigenvalue weighted by atomic mass is 10.0. The number of aliphatic hydroxyl groups is 2. The van der Waals surface area contributed by atoms with Crippen molar-refractivity contribution in [1.29, 1.82) is 0 Å². The van der Waals surface area contributed by atoms with Crippen LogP contribution in [0.4, 0.5) is 0 Å². The van der Waals surface area contributed by atoms with Crippen molar-refractivity contribution in [2.24, 2.45) is 0 Å². The third-order valence-corrected chi connectivity index (χ3v) is 15.7. The normalized spacial score (nSPS) is 12.6. The molecule has 0 aliphatic carbocycles. The highest BCUT2D eigenvalue weighted by Gasteiger charge is 2.18. The van der Waals surface area contributed by atoms with Crippen molar-refractivity contribution in [3.05, 3.63) is 24.3 Å². The van der Waals surface area contributed by atoms with Gasteiger partial charge in [0.25, 0.3) is 0 Å². The van der Waals surface area contributed by atoms with E-state index in [9.17, 15) is 19.8 Å². The minimum Gasteiger partial charge on any atom is -0.466 e. The largest absolute Gasteiger partial charge is 0.466 e. The smallest absolute Gasteiger partial charge is 0.305 e. The van der Waals surface area contributed by atoms with Gasteiger partial charge < -0.3 is 20.3 Å². The van der Waals surface area contributed by atoms with Crippen molar-refractivity contribution in [3.63, 3.8) is 0 Å². The molecule has 0 fully saturated rings. The molecule has 3 N–H and O–H groups in total. The van der Waals surface area contributed by atoms with E-state index in [1.54, 1.807) is 6.08 Å². The van der Waals surface area contributed by atoms with Crippen LogP contribution < -0.4 is 5.32 Å². The van der Waals surface area contributed by atoms with Crippen LogP contribution in [0, 0.1) is 0 Å². The van der Waals surface area contributed by atoms with Gasteiger partial charge in [-0.15, -0.1) is 0 Å². The molecule has 0 aromatic heterocycles. The van der Waals surface area contributed by atoms with E-state index < -0.39 is 12.1 Å². The molecule has 0 radical (unpaired) electrons. The molecule has 6 heteroatoms. The number of esters is 1. The number of amides is 1. The molecule has 438 valence electrons. The molecule has 74 heavy (non-hydrogen) atoms. The van der Waals surface area contributed by atoms with Crippen LogP contribution in [0.3, 0.4) is 0 Å². The summed E-state index contributed by atoms with van der Waals surface area (Å²) in [5.41, 5.74) is 0. The Bertz CT molecular complexity index is 1150. The first-order valence-electron chi connectivity index (χ1n) is 33.6. The number of carbonyl (C=O) groups is 2. The standard InChI is InChI=1S/C68H131NO5/c1-3-5-7-9-11-13-15-17-19-29-33-36-40-44-48-52-56-60-66(71)65(64-70)69-67(72)61-57-53-49-45-41-37-34-30-27-25-23-21-20-22-24-26-28-31-35-39-43-47-51-55-59-63-74-68(73)62-58-54-50-46-42-38-32-18-16-14-12-10-8-6-4-2/h21,23,56,60,65-66,70-71H,3-20,22,24-55,57-59,61-64H2,1-2H3,(H,69,72)/b23-21-,60-56+. The summed E-state index contributed by atoms with van der Waals surface area (Å²) in [6.45, 7) is 4.94. The molecule has 0 saturated heterocycles. The maximum absolute atomic E-state index is 12.5. The zero-order chi connectivity index (χ0) is 53.6. The number of allylic oxidation sites excluding steroid dienone is 3. The van der Waals surface area contributed by atoms with Crippen LogP contribution >= 0.6 is 0 Å². The summed E-state index contributed by atoms with van der Waals surface area (Å²) in [6, 6.07) is -0.630. The van der Waals surface area contributed by atoms with Gasteiger partial charge in [-0.05, 0) is 57.8 Å². The summed E-state index contributed by atoms with van der Waals surface area (Å²) < 4.78 is 5.49. The molecule has 0 bridgehead atoms. The molecular formula is C68H131NO5. The van der Waals surface area contributed by atoms with Crippen molar-refractivity contribution >= 4 is 11.9 Å². The third kappa shape index (κ3) is 59.6. The third-order valence-electron chi connectivity index (χ3n) is 15.7. The van der Waals surface area contributed by atoms with Gasteiger partial charge in [-0.1, -0.05) is 327 Å². The van der Waals surface area contributed by atoms with Crippen LogP contribution in [-0.2, 0) is 14.3 Å². The fourth-order valence-corrected chi connectivity index (χ4v) is 10.6. The number of ether oxygens (including phenoxy) is 1. The Balaban J connectivity index is 3.41. The summed E-state index contributed by atoms with van der Waals surface area (Å²) in [5, 5.41) is 23.2. The van der Waals surface area contributed by atoms with E-state index in [2.05, 4.69) is 31.3 Å². The molecule has 2 atom stereocenters. The van der Waals surface area contributed by atoms with Gasteiger partial charge in [-0.25, -0.2) is 0 Å². The van der Waals surface area contributed by atoms with Gasteiger partial charge in [0.2, 0.25) is 5.91 Å². The summed E-state index contributed by atoms with van der Waals surface area (Å²) >= 11 is 0. The number of nitrogens with one attached hydrogen (secondary N) is 1. The molecule has 0 saturated carbocycles. The molecular weight excluding hydrogens is 911 g/mol. The molecule has 6 nitrogen and oxygen atoms in total. The van der Waals surface area contributed by atoms with Gasteiger partial charge in [0.15, 0.2) is 0 Å². The Morgan fingerprint density at radius 2 is 0.635 bits per heavy atom. The molecule has 0 aromatic carbocycles. The molecule has 1 amide bonds. The highest BCUT2D eigenvalue weighted by Crippen LogP contribution is 2.18. The van der Waals surface area contributed by atoms with Crippen LogP contribution in [0.1, 0.15) is 373 Å². The number of unbranched alkanes of at least 4 members (excludes halogenated alkanes) is 50. The highest BCUT2D eigenvalue weighted by atomic mass is 16.5. The highest BCUT2D eigenvalue weighted by molar-refractivity contribution is 5.76. The average Bonchev–Trinajstić information content (AvgIpc) is 3.40. The van der Waals surface area contributed by atoms with Crippen LogP contribution in [0.15, 0.2) is 24.3 Å². The minimum atomic E-state index is -0.846. The van der Waals surface area contributed by atoms with Crippen molar-refractivity contribution < 1.29 is 24.5 Å². The molecule has 2 unspecified atom stereocenters. The predicted octanol–water partition coefficient (Wildman–Crippen LogP) is 21.4. The number of hydrogen-bond acceptors (Lipinski definition) is 5. The van der Waals surface area contributed by atoms with Gasteiger partial charge in [0.1, 0.15) is 0 Å². The van der Waals surface area contributed by atoms with Crippen LogP contribution in [0.25, 0.3) is 0 Å². The maximum Gasteiger partial charge on any atom is 0.305 e. The molecule has 0 rings (SSSR count). The Morgan fingerprint density at radius 1 is 0.365 bits per heavy atom. The average molecular weight is 1040 g/mol. The Morgan fingerprint density at radius 3 is 0.959 bits per heavy atom. The van der Waals surface area contributed by atoms with Crippen molar-refractivity contribution in [2.75, 3.05) is 13.2 Å². The summed E-state index contributed by atoms with van der Waals surface area (Å²) in [4.78, 5) is 24.6. The molecule has 0 heterocycles. The van der Waals surface area contributed by atoms with E-state index in [-0.39, 0.29) is 18.5 Å².